The molecule has 30 heavy (non-hydrogen) atoms. The Labute approximate surface area is 180 Å². The van der Waals surface area contributed by atoms with E-state index >= 15 is 0 Å². The zero-order valence-corrected chi connectivity index (χ0v) is 18.5. The Hall–Kier alpha value is -2.66. The van der Waals surface area contributed by atoms with Gasteiger partial charge in [0.1, 0.15) is 17.1 Å². The van der Waals surface area contributed by atoms with Crippen molar-refractivity contribution in [1.29, 1.82) is 5.26 Å². The van der Waals surface area contributed by atoms with Gasteiger partial charge in [0, 0.05) is 43.6 Å². The predicted molar refractivity (Wildman–Crippen MR) is 124 cm³/mol. The highest BCUT2D eigenvalue weighted by molar-refractivity contribution is 7.86. The molecule has 0 fully saturated rings. The van der Waals surface area contributed by atoms with Crippen molar-refractivity contribution in [1.82, 2.24) is 9.88 Å². The van der Waals surface area contributed by atoms with Crippen LogP contribution < -0.4 is 10.0 Å². The van der Waals surface area contributed by atoms with Crippen LogP contribution in [0.2, 0.25) is 0 Å². The highest BCUT2D eigenvalue weighted by atomic mass is 32.2. The van der Waals surface area contributed by atoms with E-state index in [0.29, 0.717) is 17.9 Å². The Morgan fingerprint density at radius 3 is 2.57 bits per heavy atom. The Kier molecular flexibility index (Phi) is 7.63. The molecule has 0 saturated heterocycles. The minimum Gasteiger partial charge on any atom is -0.383 e. The van der Waals surface area contributed by atoms with Crippen LogP contribution in [0.15, 0.2) is 42.5 Å². The van der Waals surface area contributed by atoms with Crippen molar-refractivity contribution < 1.29 is 8.95 Å². The molecule has 0 aliphatic heterocycles. The van der Waals surface area contributed by atoms with E-state index in [0.717, 1.165) is 47.5 Å². The largest absolute Gasteiger partial charge is 0.383 e. The van der Waals surface area contributed by atoms with E-state index in [4.69, 9.17) is 4.74 Å². The second kappa shape index (κ2) is 10.4. The van der Waals surface area contributed by atoms with E-state index in [1.807, 2.05) is 37.3 Å². The van der Waals surface area contributed by atoms with Gasteiger partial charge in [-0.05, 0) is 36.2 Å². The fraction of sp³-hybridized carbons (Fsp3) is 0.348. The fourth-order valence-corrected chi connectivity index (χ4v) is 4.10. The van der Waals surface area contributed by atoms with Crippen molar-refractivity contribution in [2.75, 3.05) is 30.7 Å². The lowest BCUT2D eigenvalue weighted by atomic mass is 10.0. The molecule has 2 N–H and O–H groups in total. The lowest BCUT2D eigenvalue weighted by Gasteiger charge is -2.11. The molecular weight excluding hydrogens is 396 g/mol. The van der Waals surface area contributed by atoms with E-state index in [9.17, 15) is 9.47 Å². The van der Waals surface area contributed by atoms with E-state index in [2.05, 4.69) is 39.7 Å². The number of hydrogen-bond donors (Lipinski definition) is 2. The first-order chi connectivity index (χ1) is 14.6. The van der Waals surface area contributed by atoms with E-state index < -0.39 is 11.0 Å². The Morgan fingerprint density at radius 2 is 1.93 bits per heavy atom. The lowest BCUT2D eigenvalue weighted by Crippen LogP contribution is -2.18. The molecule has 1 aromatic heterocycles. The maximum atomic E-state index is 11.7. The SMILES string of the molecule is CCn1c(-c2ccc(NS(=O)CC)cc2)c(C#N)c2ccc(CNCCOC)cc21. The number of aryl methyl sites for hydroxylation is 1. The summed E-state index contributed by atoms with van der Waals surface area (Å²) in [5.74, 6) is 0.549. The summed E-state index contributed by atoms with van der Waals surface area (Å²) in [6.07, 6.45) is 0. The molecule has 3 aromatic rings. The molecule has 0 radical (unpaired) electrons. The molecule has 0 spiro atoms. The highest BCUT2D eigenvalue weighted by Gasteiger charge is 2.18. The van der Waals surface area contributed by atoms with Crippen LogP contribution in [0.4, 0.5) is 5.69 Å². The van der Waals surface area contributed by atoms with Crippen LogP contribution in [0.1, 0.15) is 25.0 Å². The average molecular weight is 425 g/mol. The molecule has 158 valence electrons. The van der Waals surface area contributed by atoms with Gasteiger partial charge < -0.3 is 19.3 Å². The van der Waals surface area contributed by atoms with Gasteiger partial charge in [0.05, 0.1) is 23.4 Å². The fourth-order valence-electron chi connectivity index (χ4n) is 3.55. The van der Waals surface area contributed by atoms with Crippen molar-refractivity contribution in [3.8, 4) is 17.3 Å². The summed E-state index contributed by atoms with van der Waals surface area (Å²) < 4.78 is 22.0. The molecule has 1 atom stereocenters. The summed E-state index contributed by atoms with van der Waals surface area (Å²) in [5, 5.41) is 14.2. The number of aromatic nitrogens is 1. The third-order valence-corrected chi connectivity index (χ3v) is 6.01. The van der Waals surface area contributed by atoms with Gasteiger partial charge in [0.25, 0.3) is 0 Å². The average Bonchev–Trinajstić information content (AvgIpc) is 3.09. The predicted octanol–water partition coefficient (Wildman–Crippen LogP) is 4.03. The molecule has 0 amide bonds. The maximum Gasteiger partial charge on any atom is 0.116 e. The summed E-state index contributed by atoms with van der Waals surface area (Å²) >= 11 is 0. The van der Waals surface area contributed by atoms with Gasteiger partial charge in [-0.2, -0.15) is 5.26 Å². The minimum atomic E-state index is -1.08. The van der Waals surface area contributed by atoms with Gasteiger partial charge in [0.2, 0.25) is 0 Å². The van der Waals surface area contributed by atoms with E-state index in [1.54, 1.807) is 7.11 Å². The van der Waals surface area contributed by atoms with Gasteiger partial charge in [-0.3, -0.25) is 0 Å². The summed E-state index contributed by atoms with van der Waals surface area (Å²) in [7, 11) is 0.611. The number of methoxy groups -OCH3 is 1. The van der Waals surface area contributed by atoms with E-state index in [1.165, 1.54) is 5.56 Å². The van der Waals surface area contributed by atoms with Gasteiger partial charge in [-0.15, -0.1) is 0 Å². The van der Waals surface area contributed by atoms with Crippen LogP contribution in [0, 0.1) is 11.3 Å². The first-order valence-electron chi connectivity index (χ1n) is 10.1. The molecule has 7 heteroatoms. The van der Waals surface area contributed by atoms with Crippen molar-refractivity contribution in [3.63, 3.8) is 0 Å². The number of nitrogens with zero attached hydrogens (tertiary/aromatic N) is 2. The standard InChI is InChI=1S/C23H28N4O2S/c1-4-27-22-14-17(16-25-12-13-29-3)6-11-20(22)21(15-24)23(27)18-7-9-19(10-8-18)26-30(28)5-2/h6-11,14,25-26H,4-5,12-13,16H2,1-3H3. The second-order valence-electron chi connectivity index (χ2n) is 6.91. The van der Waals surface area contributed by atoms with Crippen molar-refractivity contribution >= 4 is 27.6 Å². The maximum absolute atomic E-state index is 11.7. The molecular formula is C23H28N4O2S. The smallest absolute Gasteiger partial charge is 0.116 e. The summed E-state index contributed by atoms with van der Waals surface area (Å²) in [5.41, 5.74) is 5.61. The molecule has 0 saturated carbocycles. The molecule has 0 aliphatic rings. The molecule has 0 bridgehead atoms. The zero-order chi connectivity index (χ0) is 21.5. The van der Waals surface area contributed by atoms with Gasteiger partial charge in [-0.1, -0.05) is 31.2 Å². The topological polar surface area (TPSA) is 79.1 Å². The van der Waals surface area contributed by atoms with Crippen molar-refractivity contribution in [2.45, 2.75) is 26.9 Å². The van der Waals surface area contributed by atoms with Crippen molar-refractivity contribution in [2.24, 2.45) is 0 Å². The number of nitrogens with one attached hydrogen (secondary N) is 2. The molecule has 3 rings (SSSR count). The van der Waals surface area contributed by atoms with Crippen LogP contribution in [-0.4, -0.2) is 34.8 Å². The molecule has 6 nitrogen and oxygen atoms in total. The number of ether oxygens (including phenoxy) is 1. The quantitative estimate of drug-likeness (QED) is 0.482. The zero-order valence-electron chi connectivity index (χ0n) is 17.7. The second-order valence-corrected chi connectivity index (χ2v) is 8.39. The van der Waals surface area contributed by atoms with Gasteiger partial charge >= 0.3 is 0 Å². The first-order valence-corrected chi connectivity index (χ1v) is 11.4. The van der Waals surface area contributed by atoms with Crippen LogP contribution >= 0.6 is 0 Å². The lowest BCUT2D eigenvalue weighted by molar-refractivity contribution is 0.199. The van der Waals surface area contributed by atoms with Crippen LogP contribution in [0.3, 0.4) is 0 Å². The summed E-state index contributed by atoms with van der Waals surface area (Å²) in [6, 6.07) is 16.4. The number of nitriles is 1. The Bertz CT molecular complexity index is 1070. The molecule has 1 heterocycles. The van der Waals surface area contributed by atoms with Gasteiger partial charge in [-0.25, -0.2) is 4.21 Å². The molecule has 0 aliphatic carbocycles. The highest BCUT2D eigenvalue weighted by Crippen LogP contribution is 2.34. The Morgan fingerprint density at radius 1 is 1.17 bits per heavy atom. The molecule has 1 unspecified atom stereocenters. The summed E-state index contributed by atoms with van der Waals surface area (Å²) in [4.78, 5) is 0. The first kappa shape index (κ1) is 22.0. The number of benzene rings is 2. The summed E-state index contributed by atoms with van der Waals surface area (Å²) in [6.45, 7) is 6.94. The monoisotopic (exact) mass is 424 g/mol. The third-order valence-electron chi connectivity index (χ3n) is 5.02. The molecule has 2 aromatic carbocycles. The van der Waals surface area contributed by atoms with Crippen LogP contribution in [0.5, 0.6) is 0 Å². The Balaban J connectivity index is 1.99. The van der Waals surface area contributed by atoms with Crippen molar-refractivity contribution in [3.05, 3.63) is 53.6 Å². The third kappa shape index (κ3) is 4.73. The number of anilines is 1. The number of fused-ring (bicyclic) bond motifs is 1. The minimum absolute atomic E-state index is 0.549. The number of hydrogen-bond acceptors (Lipinski definition) is 4. The normalized spacial score (nSPS) is 12.1. The van der Waals surface area contributed by atoms with Gasteiger partial charge in [0.15, 0.2) is 0 Å². The van der Waals surface area contributed by atoms with Crippen LogP contribution in [-0.2, 0) is 28.8 Å². The van der Waals surface area contributed by atoms with Crippen LogP contribution in [0.25, 0.3) is 22.2 Å². The number of rotatable bonds is 10. The van der Waals surface area contributed by atoms with E-state index in [-0.39, 0.29) is 0 Å².